The second-order valence-electron chi connectivity index (χ2n) is 5.36. The van der Waals surface area contributed by atoms with Gasteiger partial charge in [-0.05, 0) is 30.3 Å². The van der Waals surface area contributed by atoms with Crippen LogP contribution < -0.4 is 5.32 Å². The van der Waals surface area contributed by atoms with Gasteiger partial charge in [0.15, 0.2) is 11.8 Å². The van der Waals surface area contributed by atoms with Crippen molar-refractivity contribution in [3.05, 3.63) is 71.1 Å². The summed E-state index contributed by atoms with van der Waals surface area (Å²) in [6.07, 6.45) is 4.39. The second kappa shape index (κ2) is 8.17. The molecule has 0 bridgehead atoms. The van der Waals surface area contributed by atoms with Crippen molar-refractivity contribution in [3.63, 3.8) is 0 Å². The number of esters is 1. The number of amides is 1. The Bertz CT molecular complexity index is 1080. The normalized spacial score (nSPS) is 10.7. The molecule has 0 aliphatic rings. The van der Waals surface area contributed by atoms with Gasteiger partial charge in [-0.3, -0.25) is 9.20 Å². The van der Waals surface area contributed by atoms with E-state index in [-0.39, 0.29) is 5.15 Å². The molecule has 0 saturated carbocycles. The Morgan fingerprint density at radius 2 is 2.04 bits per heavy atom. The van der Waals surface area contributed by atoms with Crippen LogP contribution in [-0.2, 0) is 14.3 Å². The first-order chi connectivity index (χ1) is 13.1. The summed E-state index contributed by atoms with van der Waals surface area (Å²) in [7, 11) is 0. The zero-order valence-electron chi connectivity index (χ0n) is 13.9. The number of rotatable bonds is 5. The average molecular weight is 381 g/mol. The monoisotopic (exact) mass is 380 g/mol. The second-order valence-corrected chi connectivity index (χ2v) is 5.72. The van der Waals surface area contributed by atoms with E-state index in [4.69, 9.17) is 21.6 Å². The molecule has 3 aromatic rings. The van der Waals surface area contributed by atoms with Crippen LogP contribution in [-0.4, -0.2) is 27.9 Å². The number of fused-ring (bicyclic) bond motifs is 1. The SMILES string of the molecule is N#Cc1ccccc1NC(=O)COC(=O)/C=C/c1c(Cl)nc2ccccn12. The van der Waals surface area contributed by atoms with Gasteiger partial charge in [-0.15, -0.1) is 0 Å². The summed E-state index contributed by atoms with van der Waals surface area (Å²) < 4.78 is 6.63. The molecule has 0 saturated heterocycles. The molecule has 2 heterocycles. The number of nitriles is 1. The van der Waals surface area contributed by atoms with E-state index < -0.39 is 18.5 Å². The van der Waals surface area contributed by atoms with Crippen molar-refractivity contribution in [3.8, 4) is 6.07 Å². The van der Waals surface area contributed by atoms with E-state index in [2.05, 4.69) is 10.3 Å². The molecule has 7 nitrogen and oxygen atoms in total. The lowest BCUT2D eigenvalue weighted by Crippen LogP contribution is -2.20. The van der Waals surface area contributed by atoms with E-state index in [0.29, 0.717) is 22.6 Å². The number of pyridine rings is 1. The van der Waals surface area contributed by atoms with Crippen LogP contribution in [0.5, 0.6) is 0 Å². The summed E-state index contributed by atoms with van der Waals surface area (Å²) in [5.41, 5.74) is 1.84. The maximum atomic E-state index is 11.9. The van der Waals surface area contributed by atoms with Crippen LogP contribution >= 0.6 is 11.6 Å². The number of benzene rings is 1. The number of nitrogens with one attached hydrogen (secondary N) is 1. The summed E-state index contributed by atoms with van der Waals surface area (Å²) in [4.78, 5) is 27.9. The zero-order chi connectivity index (χ0) is 19.2. The topological polar surface area (TPSA) is 96.5 Å². The molecule has 0 aliphatic carbocycles. The number of anilines is 1. The fourth-order valence-electron chi connectivity index (χ4n) is 2.34. The lowest BCUT2D eigenvalue weighted by atomic mass is 10.2. The highest BCUT2D eigenvalue weighted by Gasteiger charge is 2.10. The molecule has 134 valence electrons. The molecule has 1 N–H and O–H groups in total. The minimum absolute atomic E-state index is 0.246. The molecule has 0 spiro atoms. The number of ether oxygens (including phenoxy) is 1. The minimum Gasteiger partial charge on any atom is -0.452 e. The van der Waals surface area contributed by atoms with E-state index in [1.807, 2.05) is 18.2 Å². The predicted octanol–water partition coefficient (Wildman–Crippen LogP) is 3.05. The number of carbonyl (C=O) groups excluding carboxylic acids is 2. The van der Waals surface area contributed by atoms with Crippen LogP contribution in [0, 0.1) is 11.3 Å². The number of aromatic nitrogens is 2. The molecular formula is C19H13ClN4O3. The van der Waals surface area contributed by atoms with Gasteiger partial charge in [0, 0.05) is 12.3 Å². The van der Waals surface area contributed by atoms with Gasteiger partial charge in [0.05, 0.1) is 16.9 Å². The zero-order valence-corrected chi connectivity index (χ0v) is 14.7. The Morgan fingerprint density at radius 3 is 2.85 bits per heavy atom. The van der Waals surface area contributed by atoms with E-state index in [1.165, 1.54) is 12.2 Å². The first-order valence-electron chi connectivity index (χ1n) is 7.85. The van der Waals surface area contributed by atoms with E-state index in [1.54, 1.807) is 40.9 Å². The molecule has 0 atom stereocenters. The van der Waals surface area contributed by atoms with Crippen LogP contribution in [0.4, 0.5) is 5.69 Å². The van der Waals surface area contributed by atoms with Crippen molar-refractivity contribution in [2.24, 2.45) is 0 Å². The Kier molecular flexibility index (Phi) is 5.50. The molecule has 8 heteroatoms. The molecule has 0 aliphatic heterocycles. The first kappa shape index (κ1) is 18.2. The maximum absolute atomic E-state index is 11.9. The van der Waals surface area contributed by atoms with Gasteiger partial charge in [0.2, 0.25) is 0 Å². The van der Waals surface area contributed by atoms with Crippen LogP contribution in [0.3, 0.4) is 0 Å². The first-order valence-corrected chi connectivity index (χ1v) is 8.22. The Morgan fingerprint density at radius 1 is 1.26 bits per heavy atom. The summed E-state index contributed by atoms with van der Waals surface area (Å²) in [6.45, 7) is -0.482. The largest absolute Gasteiger partial charge is 0.452 e. The highest BCUT2D eigenvalue weighted by atomic mass is 35.5. The Labute approximate surface area is 159 Å². The third-order valence-corrected chi connectivity index (χ3v) is 3.84. The predicted molar refractivity (Wildman–Crippen MR) is 100.0 cm³/mol. The molecule has 0 radical (unpaired) electrons. The molecule has 1 aromatic carbocycles. The lowest BCUT2D eigenvalue weighted by Gasteiger charge is -2.06. The fourth-order valence-corrected chi connectivity index (χ4v) is 2.58. The number of hydrogen-bond donors (Lipinski definition) is 1. The molecule has 1 amide bonds. The van der Waals surface area contributed by atoms with Crippen LogP contribution in [0.1, 0.15) is 11.3 Å². The lowest BCUT2D eigenvalue weighted by molar-refractivity contribution is -0.142. The molecule has 0 unspecified atom stereocenters. The highest BCUT2D eigenvalue weighted by molar-refractivity contribution is 6.31. The quantitative estimate of drug-likeness (QED) is 0.542. The highest BCUT2D eigenvalue weighted by Crippen LogP contribution is 2.19. The third-order valence-electron chi connectivity index (χ3n) is 3.57. The molecular weight excluding hydrogens is 368 g/mol. The van der Waals surface area contributed by atoms with Gasteiger partial charge in [-0.1, -0.05) is 29.8 Å². The van der Waals surface area contributed by atoms with Crippen molar-refractivity contribution in [1.29, 1.82) is 5.26 Å². The average Bonchev–Trinajstić information content (AvgIpc) is 3.00. The summed E-state index contributed by atoms with van der Waals surface area (Å²) in [5.74, 6) is -1.26. The van der Waals surface area contributed by atoms with E-state index in [0.717, 1.165) is 0 Å². The van der Waals surface area contributed by atoms with Gasteiger partial charge >= 0.3 is 5.97 Å². The molecule has 3 rings (SSSR count). The Hall–Kier alpha value is -3.63. The van der Waals surface area contributed by atoms with Gasteiger partial charge in [0.1, 0.15) is 11.7 Å². The van der Waals surface area contributed by atoms with Gasteiger partial charge in [-0.25, -0.2) is 9.78 Å². The number of halogens is 1. The third kappa shape index (κ3) is 4.32. The standard InChI is InChI=1S/C19H13ClN4O3/c20-19-15(24-10-4-3-7-16(24)23-19)8-9-18(26)27-12-17(25)22-14-6-2-1-5-13(14)11-21/h1-10H,12H2,(H,22,25)/b9-8+. The molecule has 27 heavy (non-hydrogen) atoms. The van der Waals surface area contributed by atoms with Gasteiger partial charge in [-0.2, -0.15) is 5.26 Å². The van der Waals surface area contributed by atoms with Gasteiger partial charge < -0.3 is 10.1 Å². The molecule has 2 aromatic heterocycles. The van der Waals surface area contributed by atoms with E-state index in [9.17, 15) is 9.59 Å². The van der Waals surface area contributed by atoms with Crippen molar-refractivity contribution in [2.75, 3.05) is 11.9 Å². The van der Waals surface area contributed by atoms with Crippen molar-refractivity contribution < 1.29 is 14.3 Å². The summed E-state index contributed by atoms with van der Waals surface area (Å²) in [6, 6.07) is 13.9. The van der Waals surface area contributed by atoms with Crippen molar-refractivity contribution in [2.45, 2.75) is 0 Å². The van der Waals surface area contributed by atoms with Crippen molar-refractivity contribution >= 4 is 40.9 Å². The fraction of sp³-hybridized carbons (Fsp3) is 0.0526. The van der Waals surface area contributed by atoms with E-state index >= 15 is 0 Å². The Balaban J connectivity index is 1.59. The summed E-state index contributed by atoms with van der Waals surface area (Å²) in [5, 5.41) is 11.8. The number of imidazole rings is 1. The number of para-hydroxylation sites is 1. The smallest absolute Gasteiger partial charge is 0.331 e. The number of carbonyl (C=O) groups is 2. The van der Waals surface area contributed by atoms with Gasteiger partial charge in [0.25, 0.3) is 5.91 Å². The van der Waals surface area contributed by atoms with Crippen molar-refractivity contribution in [1.82, 2.24) is 9.38 Å². The number of hydrogen-bond acceptors (Lipinski definition) is 5. The van der Waals surface area contributed by atoms with Crippen LogP contribution in [0.15, 0.2) is 54.7 Å². The van der Waals surface area contributed by atoms with Crippen LogP contribution in [0.2, 0.25) is 5.15 Å². The minimum atomic E-state index is -0.708. The molecule has 0 fully saturated rings. The summed E-state index contributed by atoms with van der Waals surface area (Å²) >= 11 is 6.07. The maximum Gasteiger partial charge on any atom is 0.331 e. The number of nitrogens with zero attached hydrogens (tertiary/aromatic N) is 3. The van der Waals surface area contributed by atoms with Crippen LogP contribution in [0.25, 0.3) is 11.7 Å².